The largest absolute Gasteiger partial charge is 0.491 e. The molecule has 0 fully saturated rings. The standard InChI is InChI=1S/C14H19NO3/c1-16-8-7-15-6-5-12-3-4-13(11-14(12)15)18-10-9-17-2/h3-6,11H,7-10H2,1-2H3. The molecule has 98 valence electrons. The molecule has 18 heavy (non-hydrogen) atoms. The summed E-state index contributed by atoms with van der Waals surface area (Å²) in [4.78, 5) is 0. The van der Waals surface area contributed by atoms with Crippen molar-refractivity contribution in [2.24, 2.45) is 0 Å². The van der Waals surface area contributed by atoms with E-state index in [1.165, 1.54) is 10.9 Å². The molecule has 0 aliphatic carbocycles. The van der Waals surface area contributed by atoms with Gasteiger partial charge in [0.2, 0.25) is 0 Å². The van der Waals surface area contributed by atoms with E-state index in [0.717, 1.165) is 12.3 Å². The molecule has 2 rings (SSSR count). The summed E-state index contributed by atoms with van der Waals surface area (Å²) in [6.07, 6.45) is 2.07. The van der Waals surface area contributed by atoms with Crippen LogP contribution in [0.1, 0.15) is 0 Å². The molecule has 0 bridgehead atoms. The van der Waals surface area contributed by atoms with Crippen LogP contribution in [0.25, 0.3) is 10.9 Å². The second-order valence-corrected chi connectivity index (χ2v) is 4.06. The first kappa shape index (κ1) is 12.9. The molecule has 2 aromatic rings. The first-order valence-corrected chi connectivity index (χ1v) is 6.04. The minimum Gasteiger partial charge on any atom is -0.491 e. The van der Waals surface area contributed by atoms with E-state index in [2.05, 4.69) is 29.0 Å². The van der Waals surface area contributed by atoms with Crippen molar-refractivity contribution in [3.05, 3.63) is 30.5 Å². The number of benzene rings is 1. The smallest absolute Gasteiger partial charge is 0.121 e. The van der Waals surface area contributed by atoms with Gasteiger partial charge >= 0.3 is 0 Å². The molecule has 0 saturated heterocycles. The van der Waals surface area contributed by atoms with E-state index in [9.17, 15) is 0 Å². The minimum atomic E-state index is 0.570. The lowest BCUT2D eigenvalue weighted by molar-refractivity contribution is 0.146. The van der Waals surface area contributed by atoms with Crippen LogP contribution >= 0.6 is 0 Å². The molecular formula is C14H19NO3. The summed E-state index contributed by atoms with van der Waals surface area (Å²) >= 11 is 0. The quantitative estimate of drug-likeness (QED) is 0.706. The van der Waals surface area contributed by atoms with Crippen LogP contribution in [0.2, 0.25) is 0 Å². The van der Waals surface area contributed by atoms with Crippen molar-refractivity contribution in [2.75, 3.05) is 34.0 Å². The molecule has 1 aromatic heterocycles. The van der Waals surface area contributed by atoms with Crippen molar-refractivity contribution in [2.45, 2.75) is 6.54 Å². The van der Waals surface area contributed by atoms with Gasteiger partial charge in [0.15, 0.2) is 0 Å². The Labute approximate surface area is 107 Å². The van der Waals surface area contributed by atoms with Crippen molar-refractivity contribution < 1.29 is 14.2 Å². The molecule has 0 radical (unpaired) electrons. The lowest BCUT2D eigenvalue weighted by Gasteiger charge is -2.08. The Morgan fingerprint density at radius 2 is 1.83 bits per heavy atom. The summed E-state index contributed by atoms with van der Waals surface area (Å²) in [5.74, 6) is 0.872. The Hall–Kier alpha value is -1.52. The average molecular weight is 249 g/mol. The van der Waals surface area contributed by atoms with Gasteiger partial charge in [0.1, 0.15) is 12.4 Å². The summed E-state index contributed by atoms with van der Waals surface area (Å²) in [6.45, 7) is 2.73. The molecule has 0 amide bonds. The molecule has 0 aliphatic rings. The molecule has 0 aliphatic heterocycles. The van der Waals surface area contributed by atoms with Crippen LogP contribution in [-0.2, 0) is 16.0 Å². The summed E-state index contributed by atoms with van der Waals surface area (Å²) in [5.41, 5.74) is 1.17. The maximum atomic E-state index is 5.61. The van der Waals surface area contributed by atoms with Gasteiger partial charge in [-0.25, -0.2) is 0 Å². The van der Waals surface area contributed by atoms with Gasteiger partial charge in [-0.1, -0.05) is 0 Å². The number of hydrogen-bond donors (Lipinski definition) is 0. The number of nitrogens with zero attached hydrogens (tertiary/aromatic N) is 1. The second kappa shape index (κ2) is 6.42. The third-order valence-electron chi connectivity index (χ3n) is 2.84. The Morgan fingerprint density at radius 1 is 1.00 bits per heavy atom. The van der Waals surface area contributed by atoms with Crippen LogP contribution in [0, 0.1) is 0 Å². The molecule has 0 saturated carbocycles. The first-order valence-electron chi connectivity index (χ1n) is 6.04. The van der Waals surface area contributed by atoms with Gasteiger partial charge in [-0.3, -0.25) is 0 Å². The third-order valence-corrected chi connectivity index (χ3v) is 2.84. The van der Waals surface area contributed by atoms with Gasteiger partial charge in [-0.15, -0.1) is 0 Å². The van der Waals surface area contributed by atoms with Gasteiger partial charge in [0.25, 0.3) is 0 Å². The number of aromatic nitrogens is 1. The van der Waals surface area contributed by atoms with Crippen molar-refractivity contribution in [3.8, 4) is 5.75 Å². The molecule has 0 unspecified atom stereocenters. The molecule has 4 heteroatoms. The lowest BCUT2D eigenvalue weighted by atomic mass is 10.2. The summed E-state index contributed by atoms with van der Waals surface area (Å²) in [6, 6.07) is 8.21. The molecule has 1 aromatic carbocycles. The highest BCUT2D eigenvalue weighted by Crippen LogP contribution is 2.22. The molecule has 1 heterocycles. The summed E-state index contributed by atoms with van der Waals surface area (Å²) in [5, 5.41) is 1.21. The molecule has 0 atom stereocenters. The predicted molar refractivity (Wildman–Crippen MR) is 71.2 cm³/mol. The maximum absolute atomic E-state index is 5.61. The zero-order chi connectivity index (χ0) is 12.8. The maximum Gasteiger partial charge on any atom is 0.121 e. The van der Waals surface area contributed by atoms with Crippen molar-refractivity contribution >= 4 is 10.9 Å². The Balaban J connectivity index is 2.14. The van der Waals surface area contributed by atoms with Gasteiger partial charge in [0.05, 0.1) is 18.7 Å². The zero-order valence-corrected chi connectivity index (χ0v) is 10.9. The molecule has 0 N–H and O–H groups in total. The van der Waals surface area contributed by atoms with Crippen LogP contribution in [0.5, 0.6) is 5.75 Å². The molecule has 0 spiro atoms. The van der Waals surface area contributed by atoms with E-state index >= 15 is 0 Å². The fourth-order valence-corrected chi connectivity index (χ4v) is 1.88. The topological polar surface area (TPSA) is 32.6 Å². The van der Waals surface area contributed by atoms with Gasteiger partial charge in [-0.05, 0) is 23.6 Å². The first-order chi connectivity index (χ1) is 8.85. The van der Waals surface area contributed by atoms with E-state index in [1.807, 2.05) is 6.07 Å². The number of fused-ring (bicyclic) bond motifs is 1. The monoisotopic (exact) mass is 249 g/mol. The minimum absolute atomic E-state index is 0.570. The fourth-order valence-electron chi connectivity index (χ4n) is 1.88. The number of hydrogen-bond acceptors (Lipinski definition) is 3. The summed E-state index contributed by atoms with van der Waals surface area (Å²) < 4.78 is 17.9. The van der Waals surface area contributed by atoms with Crippen molar-refractivity contribution in [3.63, 3.8) is 0 Å². The van der Waals surface area contributed by atoms with Crippen molar-refractivity contribution in [1.82, 2.24) is 4.57 Å². The highest BCUT2D eigenvalue weighted by Gasteiger charge is 2.03. The number of methoxy groups -OCH3 is 2. The van der Waals surface area contributed by atoms with Crippen LogP contribution < -0.4 is 4.74 Å². The SMILES string of the molecule is COCCOc1ccc2ccn(CCOC)c2c1. The van der Waals surface area contributed by atoms with Crippen LogP contribution in [0.3, 0.4) is 0 Å². The number of ether oxygens (including phenoxy) is 3. The lowest BCUT2D eigenvalue weighted by Crippen LogP contribution is -2.05. The fraction of sp³-hybridized carbons (Fsp3) is 0.429. The highest BCUT2D eigenvalue weighted by molar-refractivity contribution is 5.81. The average Bonchev–Trinajstić information content (AvgIpc) is 2.79. The van der Waals surface area contributed by atoms with Crippen molar-refractivity contribution in [1.29, 1.82) is 0 Å². The van der Waals surface area contributed by atoms with Gasteiger partial charge in [-0.2, -0.15) is 0 Å². The third kappa shape index (κ3) is 3.03. The summed E-state index contributed by atoms with van der Waals surface area (Å²) in [7, 11) is 3.38. The Kier molecular flexibility index (Phi) is 4.61. The molecular weight excluding hydrogens is 230 g/mol. The van der Waals surface area contributed by atoms with Crippen LogP contribution in [0.4, 0.5) is 0 Å². The predicted octanol–water partition coefficient (Wildman–Crippen LogP) is 2.31. The zero-order valence-electron chi connectivity index (χ0n) is 10.9. The van der Waals surface area contributed by atoms with Crippen LogP contribution in [-0.4, -0.2) is 38.6 Å². The molecule has 4 nitrogen and oxygen atoms in total. The van der Waals surface area contributed by atoms with Gasteiger partial charge in [0, 0.05) is 33.0 Å². The van der Waals surface area contributed by atoms with E-state index in [-0.39, 0.29) is 0 Å². The number of rotatable bonds is 7. The Bertz CT molecular complexity index is 493. The van der Waals surface area contributed by atoms with E-state index in [1.54, 1.807) is 14.2 Å². The van der Waals surface area contributed by atoms with E-state index in [0.29, 0.717) is 19.8 Å². The van der Waals surface area contributed by atoms with E-state index in [4.69, 9.17) is 14.2 Å². The van der Waals surface area contributed by atoms with E-state index < -0.39 is 0 Å². The second-order valence-electron chi connectivity index (χ2n) is 4.06. The van der Waals surface area contributed by atoms with Gasteiger partial charge < -0.3 is 18.8 Å². The normalized spacial score (nSPS) is 11.0. The Morgan fingerprint density at radius 3 is 2.61 bits per heavy atom. The van der Waals surface area contributed by atoms with Crippen LogP contribution in [0.15, 0.2) is 30.5 Å². The highest BCUT2D eigenvalue weighted by atomic mass is 16.5.